The van der Waals surface area contributed by atoms with E-state index in [0.717, 1.165) is 5.56 Å². The van der Waals surface area contributed by atoms with Crippen LogP contribution in [0.25, 0.3) is 0 Å². The van der Waals surface area contributed by atoms with E-state index in [9.17, 15) is 10.1 Å². The second-order valence-corrected chi connectivity index (χ2v) is 7.25. The topological polar surface area (TPSA) is 66.2 Å². The molecular formula is C16H20BrN3O2. The average molecular weight is 366 g/mol. The van der Waals surface area contributed by atoms with Crippen molar-refractivity contribution in [3.63, 3.8) is 0 Å². The molecule has 0 spiro atoms. The minimum Gasteiger partial charge on any atom is -0.444 e. The number of pyridine rings is 1. The molecule has 1 saturated heterocycles. The predicted octanol–water partition coefficient (Wildman–Crippen LogP) is 3.64. The average Bonchev–Trinajstić information content (AvgIpc) is 2.46. The van der Waals surface area contributed by atoms with Crippen LogP contribution in [0.2, 0.25) is 0 Å². The zero-order chi connectivity index (χ0) is 16.4. The molecule has 0 aliphatic carbocycles. The van der Waals surface area contributed by atoms with Gasteiger partial charge in [-0.1, -0.05) is 6.07 Å². The van der Waals surface area contributed by atoms with Gasteiger partial charge < -0.3 is 9.64 Å². The van der Waals surface area contributed by atoms with Crippen LogP contribution in [0, 0.1) is 11.3 Å². The Kier molecular flexibility index (Phi) is 4.76. The zero-order valence-electron chi connectivity index (χ0n) is 13.1. The lowest BCUT2D eigenvalue weighted by atomic mass is 9.75. The third-order valence-corrected chi connectivity index (χ3v) is 4.39. The molecule has 2 rings (SSSR count). The minimum absolute atomic E-state index is 0.315. The van der Waals surface area contributed by atoms with Gasteiger partial charge in [-0.3, -0.25) is 0 Å². The number of carbonyl (C=O) groups excluding carboxylic acids is 1. The molecule has 0 aromatic carbocycles. The highest BCUT2D eigenvalue weighted by atomic mass is 79.9. The van der Waals surface area contributed by atoms with Crippen molar-refractivity contribution in [2.45, 2.75) is 44.6 Å². The van der Waals surface area contributed by atoms with Crippen LogP contribution in [-0.2, 0) is 10.2 Å². The lowest BCUT2D eigenvalue weighted by Gasteiger charge is -2.38. The third-order valence-electron chi connectivity index (χ3n) is 3.76. The maximum Gasteiger partial charge on any atom is 0.410 e. The van der Waals surface area contributed by atoms with E-state index >= 15 is 0 Å². The van der Waals surface area contributed by atoms with Crippen LogP contribution in [0.3, 0.4) is 0 Å². The number of amides is 1. The van der Waals surface area contributed by atoms with Gasteiger partial charge in [0.25, 0.3) is 0 Å². The first kappa shape index (κ1) is 16.8. The lowest BCUT2D eigenvalue weighted by molar-refractivity contribution is 0.0185. The number of likely N-dealkylation sites (tertiary alicyclic amines) is 1. The van der Waals surface area contributed by atoms with Gasteiger partial charge in [-0.25, -0.2) is 9.78 Å². The molecule has 2 heterocycles. The molecule has 6 heteroatoms. The molecule has 0 N–H and O–H groups in total. The Bertz CT molecular complexity index is 596. The van der Waals surface area contributed by atoms with Crippen molar-refractivity contribution in [2.75, 3.05) is 13.1 Å². The summed E-state index contributed by atoms with van der Waals surface area (Å²) in [6.07, 6.45) is 2.53. The molecule has 1 aromatic rings. The SMILES string of the molecule is CC(C)(C)OC(=O)N1CCC(C#N)(c2cccnc2Br)CC1. The molecule has 118 valence electrons. The Morgan fingerprint density at radius 1 is 1.45 bits per heavy atom. The number of halogens is 1. The Morgan fingerprint density at radius 2 is 2.09 bits per heavy atom. The second-order valence-electron chi connectivity index (χ2n) is 6.50. The smallest absolute Gasteiger partial charge is 0.410 e. The van der Waals surface area contributed by atoms with Gasteiger partial charge in [0.05, 0.1) is 11.5 Å². The molecule has 1 aliphatic rings. The first-order valence-corrected chi connectivity index (χ1v) is 8.07. The monoisotopic (exact) mass is 365 g/mol. The molecule has 1 aromatic heterocycles. The minimum atomic E-state index is -0.606. The number of ether oxygens (including phenoxy) is 1. The van der Waals surface area contributed by atoms with Crippen molar-refractivity contribution in [2.24, 2.45) is 0 Å². The first-order valence-electron chi connectivity index (χ1n) is 7.28. The third kappa shape index (κ3) is 3.58. The Balaban J connectivity index is 2.11. The highest BCUT2D eigenvalue weighted by Gasteiger charge is 2.40. The fraction of sp³-hybridized carbons (Fsp3) is 0.562. The predicted molar refractivity (Wildman–Crippen MR) is 86.3 cm³/mol. The van der Waals surface area contributed by atoms with Gasteiger partial charge in [0.2, 0.25) is 0 Å². The largest absolute Gasteiger partial charge is 0.444 e. The molecule has 0 atom stereocenters. The van der Waals surface area contributed by atoms with E-state index in [0.29, 0.717) is 30.5 Å². The van der Waals surface area contributed by atoms with E-state index in [1.54, 1.807) is 11.1 Å². The van der Waals surface area contributed by atoms with E-state index < -0.39 is 11.0 Å². The summed E-state index contributed by atoms with van der Waals surface area (Å²) in [6, 6.07) is 6.19. The van der Waals surface area contributed by atoms with Crippen molar-refractivity contribution in [1.82, 2.24) is 9.88 Å². The molecule has 1 aliphatic heterocycles. The van der Waals surface area contributed by atoms with Crippen LogP contribution in [0.15, 0.2) is 22.9 Å². The van der Waals surface area contributed by atoms with E-state index in [-0.39, 0.29) is 6.09 Å². The van der Waals surface area contributed by atoms with Gasteiger partial charge in [-0.15, -0.1) is 0 Å². The Labute approximate surface area is 139 Å². The Morgan fingerprint density at radius 3 is 2.59 bits per heavy atom. The number of hydrogen-bond donors (Lipinski definition) is 0. The highest BCUT2D eigenvalue weighted by Crippen LogP contribution is 2.38. The van der Waals surface area contributed by atoms with Gasteiger partial charge >= 0.3 is 6.09 Å². The summed E-state index contributed by atoms with van der Waals surface area (Å²) in [5.41, 5.74) is -0.222. The summed E-state index contributed by atoms with van der Waals surface area (Å²) in [4.78, 5) is 18.0. The zero-order valence-corrected chi connectivity index (χ0v) is 14.7. The molecular weight excluding hydrogens is 346 g/mol. The van der Waals surface area contributed by atoms with Gasteiger partial charge in [-0.2, -0.15) is 5.26 Å². The summed E-state index contributed by atoms with van der Waals surface area (Å²) in [7, 11) is 0. The summed E-state index contributed by atoms with van der Waals surface area (Å²) >= 11 is 3.42. The van der Waals surface area contributed by atoms with E-state index in [2.05, 4.69) is 27.0 Å². The number of hydrogen-bond acceptors (Lipinski definition) is 4. The summed E-state index contributed by atoms with van der Waals surface area (Å²) in [5, 5.41) is 9.70. The van der Waals surface area contributed by atoms with Gasteiger partial charge in [0, 0.05) is 24.8 Å². The summed E-state index contributed by atoms with van der Waals surface area (Å²) in [5.74, 6) is 0. The molecule has 0 radical (unpaired) electrons. The molecule has 0 saturated carbocycles. The maximum absolute atomic E-state index is 12.1. The van der Waals surface area contributed by atoms with Crippen molar-refractivity contribution in [3.8, 4) is 6.07 Å². The van der Waals surface area contributed by atoms with Crippen LogP contribution >= 0.6 is 15.9 Å². The summed E-state index contributed by atoms with van der Waals surface area (Å²) in [6.45, 7) is 6.55. The second kappa shape index (κ2) is 6.25. The first-order chi connectivity index (χ1) is 10.3. The number of rotatable bonds is 1. The molecule has 1 amide bonds. The highest BCUT2D eigenvalue weighted by molar-refractivity contribution is 9.10. The Hall–Kier alpha value is -1.61. The van der Waals surface area contributed by atoms with Crippen molar-refractivity contribution in [1.29, 1.82) is 5.26 Å². The molecule has 5 nitrogen and oxygen atoms in total. The van der Waals surface area contributed by atoms with E-state index in [1.807, 2.05) is 32.9 Å². The number of nitriles is 1. The molecule has 0 unspecified atom stereocenters. The fourth-order valence-corrected chi connectivity index (χ4v) is 3.21. The van der Waals surface area contributed by atoms with Crippen LogP contribution in [0.5, 0.6) is 0 Å². The van der Waals surface area contributed by atoms with Crippen LogP contribution < -0.4 is 0 Å². The van der Waals surface area contributed by atoms with Gasteiger partial charge in [0.1, 0.15) is 10.2 Å². The standard InChI is InChI=1S/C16H20BrN3O2/c1-15(2,3)22-14(21)20-9-6-16(11-18,7-10-20)12-5-4-8-19-13(12)17/h4-5,8H,6-7,9-10H2,1-3H3. The van der Waals surface area contributed by atoms with Crippen molar-refractivity contribution in [3.05, 3.63) is 28.5 Å². The van der Waals surface area contributed by atoms with Crippen LogP contribution in [-0.4, -0.2) is 34.7 Å². The fourth-order valence-electron chi connectivity index (χ4n) is 2.58. The van der Waals surface area contributed by atoms with Crippen LogP contribution in [0.4, 0.5) is 4.79 Å². The molecule has 0 bridgehead atoms. The number of nitrogens with zero attached hydrogens (tertiary/aromatic N) is 3. The molecule has 1 fully saturated rings. The molecule has 22 heavy (non-hydrogen) atoms. The van der Waals surface area contributed by atoms with Crippen molar-refractivity contribution < 1.29 is 9.53 Å². The summed E-state index contributed by atoms with van der Waals surface area (Å²) < 4.78 is 6.09. The quantitative estimate of drug-likeness (QED) is 0.712. The van der Waals surface area contributed by atoms with E-state index in [4.69, 9.17) is 4.74 Å². The van der Waals surface area contributed by atoms with Crippen molar-refractivity contribution >= 4 is 22.0 Å². The van der Waals surface area contributed by atoms with Crippen LogP contribution in [0.1, 0.15) is 39.2 Å². The number of piperidine rings is 1. The number of aromatic nitrogens is 1. The number of carbonyl (C=O) groups is 1. The lowest BCUT2D eigenvalue weighted by Crippen LogP contribution is -2.46. The van der Waals surface area contributed by atoms with E-state index in [1.165, 1.54) is 0 Å². The van der Waals surface area contributed by atoms with Gasteiger partial charge in [-0.05, 0) is 55.6 Å². The van der Waals surface area contributed by atoms with Gasteiger partial charge in [0.15, 0.2) is 0 Å². The maximum atomic E-state index is 12.1. The normalized spacial score (nSPS) is 17.7.